The molecule has 1 fully saturated rings. The van der Waals surface area contributed by atoms with E-state index in [1.807, 2.05) is 4.90 Å². The Labute approximate surface area is 165 Å². The van der Waals surface area contributed by atoms with Crippen molar-refractivity contribution < 1.29 is 19.7 Å². The molecule has 0 spiro atoms. The number of benzene rings is 2. The fourth-order valence-corrected chi connectivity index (χ4v) is 4.36. The van der Waals surface area contributed by atoms with Crippen molar-refractivity contribution in [2.75, 3.05) is 24.5 Å². The summed E-state index contributed by atoms with van der Waals surface area (Å²) in [5, 5.41) is 18.8. The number of rotatable bonds is 5. The van der Waals surface area contributed by atoms with E-state index in [0.717, 1.165) is 25.8 Å². The van der Waals surface area contributed by atoms with E-state index in [9.17, 15) is 9.90 Å². The molecular formula is C22H26N2O4. The van der Waals surface area contributed by atoms with Crippen LogP contribution in [0.5, 0.6) is 0 Å². The predicted molar refractivity (Wildman–Crippen MR) is 107 cm³/mol. The number of β-amino-alcohol motifs (C(OH)–C–C–N with tert-alkyl or cyclic N) is 1. The van der Waals surface area contributed by atoms with Crippen molar-refractivity contribution in [3.63, 3.8) is 0 Å². The third-order valence-electron chi connectivity index (χ3n) is 5.62. The Kier molecular flexibility index (Phi) is 5.50. The van der Waals surface area contributed by atoms with Crippen LogP contribution in [0.3, 0.4) is 0 Å². The number of para-hydroxylation sites is 2. The quantitative estimate of drug-likeness (QED) is 0.772. The lowest BCUT2D eigenvalue weighted by molar-refractivity contribution is -0.0139. The van der Waals surface area contributed by atoms with Crippen LogP contribution in [0.4, 0.5) is 16.2 Å². The van der Waals surface area contributed by atoms with Gasteiger partial charge in [-0.05, 0) is 42.5 Å². The zero-order valence-corrected chi connectivity index (χ0v) is 15.8. The third kappa shape index (κ3) is 3.98. The number of aryl methyl sites for hydroxylation is 2. The van der Waals surface area contributed by atoms with Crippen LogP contribution < -0.4 is 4.90 Å². The van der Waals surface area contributed by atoms with Crippen molar-refractivity contribution in [1.29, 1.82) is 0 Å². The van der Waals surface area contributed by atoms with E-state index in [1.165, 1.54) is 22.5 Å². The summed E-state index contributed by atoms with van der Waals surface area (Å²) < 4.78 is 4.94. The molecule has 148 valence electrons. The number of likely N-dealkylation sites (tertiary alicyclic amines) is 1. The van der Waals surface area contributed by atoms with E-state index in [2.05, 4.69) is 53.4 Å². The highest BCUT2D eigenvalue weighted by Crippen LogP contribution is 2.36. The number of carbonyl (C=O) groups is 1. The maximum atomic E-state index is 10.9. The maximum Gasteiger partial charge on any atom is 0.507 e. The Morgan fingerprint density at radius 3 is 2.21 bits per heavy atom. The molecule has 0 unspecified atom stereocenters. The van der Waals surface area contributed by atoms with E-state index in [4.69, 9.17) is 9.84 Å². The largest absolute Gasteiger partial charge is 0.507 e. The van der Waals surface area contributed by atoms with Crippen LogP contribution in [-0.2, 0) is 17.6 Å². The zero-order chi connectivity index (χ0) is 19.5. The van der Waals surface area contributed by atoms with Crippen molar-refractivity contribution in [3.05, 3.63) is 59.7 Å². The average molecular weight is 382 g/mol. The van der Waals surface area contributed by atoms with Gasteiger partial charge in [0.1, 0.15) is 0 Å². The van der Waals surface area contributed by atoms with E-state index in [-0.39, 0.29) is 0 Å². The molecule has 0 aromatic heterocycles. The minimum absolute atomic E-state index is 0.335. The molecule has 0 aliphatic carbocycles. The number of aliphatic hydroxyl groups is 1. The summed E-state index contributed by atoms with van der Waals surface area (Å²) in [6, 6.07) is 17.1. The average Bonchev–Trinajstić information content (AvgIpc) is 2.93. The molecule has 2 N–H and O–H groups in total. The Bertz CT molecular complexity index is 793. The van der Waals surface area contributed by atoms with Crippen LogP contribution in [-0.4, -0.2) is 53.2 Å². The third-order valence-corrected chi connectivity index (χ3v) is 5.62. The van der Waals surface area contributed by atoms with E-state index in [0.29, 0.717) is 19.5 Å². The molecule has 2 aliphatic heterocycles. The zero-order valence-electron chi connectivity index (χ0n) is 15.8. The molecule has 0 amide bonds. The lowest BCUT2D eigenvalue weighted by Crippen LogP contribution is -2.35. The summed E-state index contributed by atoms with van der Waals surface area (Å²) in [5.74, 6) is 0. The first kappa shape index (κ1) is 18.8. The standard InChI is InChI=1S/C22H26N2O4/c25-18-14-21(28-22(26)27)23(15-18)12-5-13-24-19-8-3-1-6-16(19)10-11-17-7-2-4-9-20(17)24/h1-4,6-9,18,21,25H,5,10-15H2,(H,26,27)/t18-,21+/m1/s1. The first-order chi connectivity index (χ1) is 13.6. The minimum atomic E-state index is -1.29. The molecule has 6 heteroatoms. The summed E-state index contributed by atoms with van der Waals surface area (Å²) in [7, 11) is 0. The molecule has 0 bridgehead atoms. The van der Waals surface area contributed by atoms with Crippen LogP contribution in [0.15, 0.2) is 48.5 Å². The second-order valence-corrected chi connectivity index (χ2v) is 7.49. The Morgan fingerprint density at radius 1 is 1.00 bits per heavy atom. The highest BCUT2D eigenvalue weighted by atomic mass is 16.7. The van der Waals surface area contributed by atoms with Gasteiger partial charge in [-0.25, -0.2) is 4.79 Å². The van der Waals surface area contributed by atoms with Crippen molar-refractivity contribution in [3.8, 4) is 0 Å². The molecule has 28 heavy (non-hydrogen) atoms. The molecule has 2 atom stereocenters. The molecule has 0 radical (unpaired) electrons. The number of fused-ring (bicyclic) bond motifs is 2. The van der Waals surface area contributed by atoms with Gasteiger partial charge in [0.2, 0.25) is 0 Å². The molecule has 6 nitrogen and oxygen atoms in total. The highest BCUT2D eigenvalue weighted by molar-refractivity contribution is 5.71. The molecule has 4 rings (SSSR count). The fourth-order valence-electron chi connectivity index (χ4n) is 4.36. The Balaban J connectivity index is 1.49. The molecule has 2 aliphatic rings. The smallest absolute Gasteiger partial charge is 0.450 e. The number of carboxylic acid groups (broad SMARTS) is 1. The molecule has 2 aromatic carbocycles. The fraction of sp³-hybridized carbons (Fsp3) is 0.409. The van der Waals surface area contributed by atoms with Crippen LogP contribution in [0.25, 0.3) is 0 Å². The van der Waals surface area contributed by atoms with Crippen LogP contribution >= 0.6 is 0 Å². The number of aliphatic hydroxyl groups excluding tert-OH is 1. The lowest BCUT2D eigenvalue weighted by Gasteiger charge is -2.29. The van der Waals surface area contributed by atoms with E-state index in [1.54, 1.807) is 0 Å². The monoisotopic (exact) mass is 382 g/mol. The van der Waals surface area contributed by atoms with Crippen LogP contribution in [0, 0.1) is 0 Å². The van der Waals surface area contributed by atoms with Crippen LogP contribution in [0.2, 0.25) is 0 Å². The Morgan fingerprint density at radius 2 is 1.61 bits per heavy atom. The molecule has 0 saturated carbocycles. The number of anilines is 2. The second kappa shape index (κ2) is 8.20. The van der Waals surface area contributed by atoms with Gasteiger partial charge in [0.25, 0.3) is 0 Å². The highest BCUT2D eigenvalue weighted by Gasteiger charge is 2.33. The van der Waals surface area contributed by atoms with Gasteiger partial charge in [-0.15, -0.1) is 0 Å². The van der Waals surface area contributed by atoms with Gasteiger partial charge in [0.05, 0.1) is 6.10 Å². The topological polar surface area (TPSA) is 73.2 Å². The minimum Gasteiger partial charge on any atom is -0.450 e. The molecular weight excluding hydrogens is 356 g/mol. The van der Waals surface area contributed by atoms with Gasteiger partial charge in [0, 0.05) is 37.4 Å². The number of hydrogen-bond donors (Lipinski definition) is 2. The number of nitrogens with zero attached hydrogens (tertiary/aromatic N) is 2. The van der Waals surface area contributed by atoms with E-state index >= 15 is 0 Å². The first-order valence-corrected chi connectivity index (χ1v) is 9.87. The Hall–Kier alpha value is -2.57. The summed E-state index contributed by atoms with van der Waals surface area (Å²) in [4.78, 5) is 15.2. The number of ether oxygens (including phenoxy) is 1. The lowest BCUT2D eigenvalue weighted by atomic mass is 10.0. The van der Waals surface area contributed by atoms with Gasteiger partial charge in [0.15, 0.2) is 6.23 Å². The van der Waals surface area contributed by atoms with Gasteiger partial charge in [-0.1, -0.05) is 36.4 Å². The predicted octanol–water partition coefficient (Wildman–Crippen LogP) is 3.40. The van der Waals surface area contributed by atoms with Gasteiger partial charge < -0.3 is 19.8 Å². The maximum absolute atomic E-state index is 10.9. The SMILES string of the molecule is O=C(O)O[C@H]1C[C@@H](O)CN1CCCN1c2ccccc2CCc2ccccc21. The first-order valence-electron chi connectivity index (χ1n) is 9.87. The van der Waals surface area contributed by atoms with Crippen molar-refractivity contribution >= 4 is 17.5 Å². The molecule has 1 saturated heterocycles. The second-order valence-electron chi connectivity index (χ2n) is 7.49. The van der Waals surface area contributed by atoms with Gasteiger partial charge in [-0.3, -0.25) is 4.90 Å². The van der Waals surface area contributed by atoms with Crippen molar-refractivity contribution in [2.45, 2.75) is 38.0 Å². The van der Waals surface area contributed by atoms with Gasteiger partial charge in [-0.2, -0.15) is 0 Å². The summed E-state index contributed by atoms with van der Waals surface area (Å²) in [5.41, 5.74) is 5.18. The van der Waals surface area contributed by atoms with Crippen LogP contribution in [0.1, 0.15) is 24.0 Å². The summed E-state index contributed by atoms with van der Waals surface area (Å²) in [6.45, 7) is 1.95. The number of hydrogen-bond acceptors (Lipinski definition) is 5. The summed E-state index contributed by atoms with van der Waals surface area (Å²) in [6.07, 6.45) is 0.837. The van der Waals surface area contributed by atoms with Crippen molar-refractivity contribution in [1.82, 2.24) is 4.90 Å². The molecule has 2 heterocycles. The summed E-state index contributed by atoms with van der Waals surface area (Å²) >= 11 is 0. The van der Waals surface area contributed by atoms with E-state index < -0.39 is 18.5 Å². The molecule has 2 aromatic rings. The van der Waals surface area contributed by atoms with Gasteiger partial charge >= 0.3 is 6.16 Å². The van der Waals surface area contributed by atoms with Crippen molar-refractivity contribution in [2.24, 2.45) is 0 Å². The normalized spacial score (nSPS) is 21.7.